The molecule has 2 heterocycles. The van der Waals surface area contributed by atoms with Crippen LogP contribution in [0.5, 0.6) is 11.5 Å². The van der Waals surface area contributed by atoms with Crippen LogP contribution in [0.1, 0.15) is 18.9 Å². The number of fused-ring (bicyclic) bond motifs is 2. The molecule has 1 aliphatic rings. The number of ether oxygens (including phenoxy) is 3. The van der Waals surface area contributed by atoms with Crippen molar-refractivity contribution in [1.29, 1.82) is 0 Å². The van der Waals surface area contributed by atoms with Gasteiger partial charge in [0, 0.05) is 29.8 Å². The molecule has 166 valence electrons. The van der Waals surface area contributed by atoms with Gasteiger partial charge in [0.25, 0.3) is 5.91 Å². The largest absolute Gasteiger partial charge is 0.486 e. The molecule has 0 unspecified atom stereocenters. The van der Waals surface area contributed by atoms with Gasteiger partial charge in [-0.25, -0.2) is 0 Å². The lowest BCUT2D eigenvalue weighted by atomic mass is 10.2. The normalized spacial score (nSPS) is 13.6. The molecule has 0 saturated heterocycles. The van der Waals surface area contributed by atoms with Crippen LogP contribution in [0.25, 0.3) is 16.3 Å². The zero-order valence-electron chi connectivity index (χ0n) is 17.4. The van der Waals surface area contributed by atoms with Crippen molar-refractivity contribution in [2.45, 2.75) is 19.9 Å². The molecule has 0 spiro atoms. The fraction of sp³-hybridized carbons (Fsp3) is 0.261. The summed E-state index contributed by atoms with van der Waals surface area (Å²) in [5, 5.41) is 0.550. The van der Waals surface area contributed by atoms with Crippen molar-refractivity contribution in [3.63, 3.8) is 0 Å². The van der Waals surface area contributed by atoms with Gasteiger partial charge < -0.3 is 18.8 Å². The fourth-order valence-electron chi connectivity index (χ4n) is 3.25. The van der Waals surface area contributed by atoms with Gasteiger partial charge in [0.1, 0.15) is 13.2 Å². The van der Waals surface area contributed by atoms with E-state index in [1.165, 1.54) is 17.4 Å². The Kier molecular flexibility index (Phi) is 6.92. The quantitative estimate of drug-likeness (QED) is 0.396. The van der Waals surface area contributed by atoms with Crippen LogP contribution >= 0.6 is 22.9 Å². The van der Waals surface area contributed by atoms with Gasteiger partial charge in [0.05, 0.1) is 23.2 Å². The Morgan fingerprint density at radius 3 is 2.72 bits per heavy atom. The highest BCUT2D eigenvalue weighted by atomic mass is 35.5. The summed E-state index contributed by atoms with van der Waals surface area (Å²) in [4.78, 5) is 29.3. The molecule has 1 amide bonds. The van der Waals surface area contributed by atoms with Crippen LogP contribution < -0.4 is 14.3 Å². The number of thiazole rings is 1. The van der Waals surface area contributed by atoms with Crippen molar-refractivity contribution in [3.8, 4) is 11.5 Å². The predicted molar refractivity (Wildman–Crippen MR) is 123 cm³/mol. The second-order valence-electron chi connectivity index (χ2n) is 6.86. The third kappa shape index (κ3) is 5.03. The van der Waals surface area contributed by atoms with Gasteiger partial charge in [0.2, 0.25) is 0 Å². The number of aryl methyl sites for hydroxylation is 1. The maximum Gasteiger partial charge on any atom is 0.307 e. The summed E-state index contributed by atoms with van der Waals surface area (Å²) >= 11 is 7.49. The monoisotopic (exact) mass is 472 g/mol. The third-order valence-corrected chi connectivity index (χ3v) is 6.09. The van der Waals surface area contributed by atoms with Gasteiger partial charge >= 0.3 is 5.97 Å². The summed E-state index contributed by atoms with van der Waals surface area (Å²) in [6.45, 7) is 3.34. The summed E-state index contributed by atoms with van der Waals surface area (Å²) < 4.78 is 19.1. The van der Waals surface area contributed by atoms with E-state index in [0.29, 0.717) is 47.7 Å². The average Bonchev–Trinajstić information content (AvgIpc) is 3.11. The van der Waals surface area contributed by atoms with E-state index < -0.39 is 5.91 Å². The van der Waals surface area contributed by atoms with E-state index in [-0.39, 0.29) is 12.4 Å². The minimum absolute atomic E-state index is 0.158. The van der Waals surface area contributed by atoms with E-state index >= 15 is 0 Å². The Balaban J connectivity index is 1.71. The van der Waals surface area contributed by atoms with E-state index in [1.54, 1.807) is 19.1 Å². The number of hydrogen-bond acceptors (Lipinski definition) is 6. The van der Waals surface area contributed by atoms with Crippen LogP contribution in [0, 0.1) is 0 Å². The first kappa shape index (κ1) is 22.1. The molecular weight excluding hydrogens is 452 g/mol. The number of benzene rings is 2. The molecule has 0 fully saturated rings. The van der Waals surface area contributed by atoms with Crippen molar-refractivity contribution < 1.29 is 23.8 Å². The maximum atomic E-state index is 12.6. The lowest BCUT2D eigenvalue weighted by Crippen LogP contribution is -2.19. The summed E-state index contributed by atoms with van der Waals surface area (Å²) in [5.74, 6) is 0.536. The van der Waals surface area contributed by atoms with Crippen molar-refractivity contribution >= 4 is 51.1 Å². The molecule has 0 saturated carbocycles. The zero-order valence-corrected chi connectivity index (χ0v) is 18.9. The molecular formula is C23H21ClN2O5S. The average molecular weight is 473 g/mol. The zero-order chi connectivity index (χ0) is 22.5. The molecule has 7 nitrogen and oxygen atoms in total. The van der Waals surface area contributed by atoms with Crippen molar-refractivity contribution in [1.82, 2.24) is 4.57 Å². The molecule has 0 atom stereocenters. The third-order valence-electron chi connectivity index (χ3n) is 4.71. The molecule has 0 radical (unpaired) electrons. The van der Waals surface area contributed by atoms with Crippen molar-refractivity contribution in [2.75, 3.05) is 19.8 Å². The summed E-state index contributed by atoms with van der Waals surface area (Å²) in [6.07, 6.45) is 3.16. The molecule has 0 bridgehead atoms. The van der Waals surface area contributed by atoms with Crippen molar-refractivity contribution in [2.24, 2.45) is 4.99 Å². The second kappa shape index (κ2) is 10.0. The van der Waals surface area contributed by atoms with E-state index in [9.17, 15) is 9.59 Å². The summed E-state index contributed by atoms with van der Waals surface area (Å²) in [7, 11) is 0. The SMILES string of the molecule is CCOC(=O)CCn1c(=NC(=O)/C=C/c2ccccc2Cl)sc2cc3c(cc21)OCCO3. The second-order valence-corrected chi connectivity index (χ2v) is 8.28. The Morgan fingerprint density at radius 1 is 1.22 bits per heavy atom. The maximum absolute atomic E-state index is 12.6. The smallest absolute Gasteiger partial charge is 0.307 e. The first-order valence-corrected chi connectivity index (χ1v) is 11.3. The number of aromatic nitrogens is 1. The molecule has 1 aromatic heterocycles. The van der Waals surface area contributed by atoms with Crippen LogP contribution in [-0.2, 0) is 20.9 Å². The van der Waals surface area contributed by atoms with Gasteiger partial charge in [-0.15, -0.1) is 0 Å². The molecule has 0 N–H and O–H groups in total. The number of amides is 1. The molecule has 2 aromatic carbocycles. The minimum atomic E-state index is -0.432. The number of nitrogens with zero attached hydrogens (tertiary/aromatic N) is 2. The summed E-state index contributed by atoms with van der Waals surface area (Å²) in [6, 6.07) is 11.0. The topological polar surface area (TPSA) is 79.1 Å². The van der Waals surface area contributed by atoms with Crippen LogP contribution in [0.2, 0.25) is 5.02 Å². The summed E-state index contributed by atoms with van der Waals surface area (Å²) in [5.41, 5.74) is 1.54. The molecule has 1 aliphatic heterocycles. The standard InChI is InChI=1S/C23H21ClN2O5S/c1-2-29-22(28)9-10-26-17-13-18-19(31-12-11-30-18)14-20(17)32-23(26)25-21(27)8-7-15-5-3-4-6-16(15)24/h3-8,13-14H,2,9-12H2,1H3/b8-7+,25-23?. The number of rotatable bonds is 6. The number of carbonyl (C=O) groups excluding carboxylic acids is 2. The highest BCUT2D eigenvalue weighted by Gasteiger charge is 2.17. The van der Waals surface area contributed by atoms with Gasteiger partial charge in [0.15, 0.2) is 16.3 Å². The predicted octanol–water partition coefficient (Wildman–Crippen LogP) is 4.22. The molecule has 9 heteroatoms. The van der Waals surface area contributed by atoms with E-state index in [0.717, 1.165) is 15.8 Å². The lowest BCUT2D eigenvalue weighted by Gasteiger charge is -2.18. The van der Waals surface area contributed by atoms with Crippen LogP contribution in [0.4, 0.5) is 0 Å². The van der Waals surface area contributed by atoms with Crippen LogP contribution in [0.3, 0.4) is 0 Å². The van der Waals surface area contributed by atoms with Crippen LogP contribution in [-0.4, -0.2) is 36.3 Å². The highest BCUT2D eigenvalue weighted by Crippen LogP contribution is 2.35. The van der Waals surface area contributed by atoms with Crippen LogP contribution in [0.15, 0.2) is 47.5 Å². The van der Waals surface area contributed by atoms with E-state index in [4.69, 9.17) is 25.8 Å². The number of hydrogen-bond donors (Lipinski definition) is 0. The van der Waals surface area contributed by atoms with Gasteiger partial charge in [-0.1, -0.05) is 41.1 Å². The molecule has 0 aliphatic carbocycles. The number of carbonyl (C=O) groups is 2. The minimum Gasteiger partial charge on any atom is -0.486 e. The van der Waals surface area contributed by atoms with E-state index in [2.05, 4.69) is 4.99 Å². The molecule has 3 aromatic rings. The van der Waals surface area contributed by atoms with Gasteiger partial charge in [-0.2, -0.15) is 4.99 Å². The Labute approximate surface area is 193 Å². The van der Waals surface area contributed by atoms with Gasteiger partial charge in [-0.05, 0) is 24.6 Å². The highest BCUT2D eigenvalue weighted by molar-refractivity contribution is 7.16. The lowest BCUT2D eigenvalue weighted by molar-refractivity contribution is -0.143. The Hall–Kier alpha value is -3.10. The first-order valence-electron chi connectivity index (χ1n) is 10.1. The Bertz CT molecular complexity index is 1260. The Morgan fingerprint density at radius 2 is 1.97 bits per heavy atom. The van der Waals surface area contributed by atoms with E-state index in [1.807, 2.05) is 34.9 Å². The number of esters is 1. The van der Waals surface area contributed by atoms with Gasteiger partial charge in [-0.3, -0.25) is 9.59 Å². The van der Waals surface area contributed by atoms with Crippen molar-refractivity contribution in [3.05, 3.63) is 57.9 Å². The first-order chi connectivity index (χ1) is 15.5. The molecule has 32 heavy (non-hydrogen) atoms. The molecule has 4 rings (SSSR count). The number of halogens is 1. The fourth-order valence-corrected chi connectivity index (χ4v) is 4.52.